The van der Waals surface area contributed by atoms with E-state index >= 15 is 0 Å². The van der Waals surface area contributed by atoms with Crippen molar-refractivity contribution in [3.63, 3.8) is 0 Å². The summed E-state index contributed by atoms with van der Waals surface area (Å²) < 4.78 is 5.52. The molecule has 0 aromatic carbocycles. The maximum absolute atomic E-state index is 6.11. The van der Waals surface area contributed by atoms with Crippen LogP contribution in [-0.2, 0) is 4.74 Å². The Morgan fingerprint density at radius 1 is 1.20 bits per heavy atom. The van der Waals surface area contributed by atoms with Crippen molar-refractivity contribution in [3.05, 3.63) is 16.1 Å². The maximum Gasteiger partial charge on any atom is 0.147 e. The number of aromatic nitrogens is 1. The van der Waals surface area contributed by atoms with Crippen molar-refractivity contribution in [2.45, 2.75) is 27.2 Å². The fraction of sp³-hybridized carbons (Fsp3) is 0.643. The molecule has 1 aromatic rings. The Morgan fingerprint density at radius 3 is 2.45 bits per heavy atom. The second-order valence-corrected chi connectivity index (χ2v) is 5.74. The van der Waals surface area contributed by atoms with Crippen molar-refractivity contribution in [2.24, 2.45) is 5.92 Å². The zero-order chi connectivity index (χ0) is 15.0. The van der Waals surface area contributed by atoms with E-state index in [1.54, 1.807) is 6.07 Å². The smallest absolute Gasteiger partial charge is 0.147 e. The monoisotopic (exact) mass is 319 g/mol. The molecule has 0 atom stereocenters. The summed E-state index contributed by atoms with van der Waals surface area (Å²) in [5.41, 5.74) is 0. The lowest BCUT2D eigenvalue weighted by Crippen LogP contribution is -2.10. The van der Waals surface area contributed by atoms with Crippen LogP contribution in [0.3, 0.4) is 0 Å². The number of ether oxygens (including phenoxy) is 1. The summed E-state index contributed by atoms with van der Waals surface area (Å²) in [4.78, 5) is 4.38. The van der Waals surface area contributed by atoms with E-state index in [1.165, 1.54) is 0 Å². The fourth-order valence-electron chi connectivity index (χ4n) is 1.58. The van der Waals surface area contributed by atoms with Crippen LogP contribution >= 0.6 is 23.2 Å². The van der Waals surface area contributed by atoms with E-state index in [4.69, 9.17) is 27.9 Å². The highest BCUT2D eigenvalue weighted by Gasteiger charge is 2.08. The number of pyridine rings is 1. The van der Waals surface area contributed by atoms with E-state index in [0.717, 1.165) is 32.7 Å². The summed E-state index contributed by atoms with van der Waals surface area (Å²) >= 11 is 12.2. The second-order valence-electron chi connectivity index (χ2n) is 4.93. The van der Waals surface area contributed by atoms with Gasteiger partial charge in [0, 0.05) is 26.3 Å². The van der Waals surface area contributed by atoms with Gasteiger partial charge in [-0.3, -0.25) is 0 Å². The first-order chi connectivity index (χ1) is 9.54. The fourth-order valence-corrected chi connectivity index (χ4v) is 2.07. The first-order valence-corrected chi connectivity index (χ1v) is 7.71. The molecule has 0 radical (unpaired) electrons. The van der Waals surface area contributed by atoms with Crippen LogP contribution in [0.5, 0.6) is 0 Å². The topological polar surface area (TPSA) is 46.2 Å². The SMILES string of the molecule is CCNc1nc(NCCCOCC(C)C)c(Cl)cc1Cl. The van der Waals surface area contributed by atoms with Crippen LogP contribution in [-0.4, -0.2) is 31.3 Å². The highest BCUT2D eigenvalue weighted by Crippen LogP contribution is 2.28. The van der Waals surface area contributed by atoms with Crippen LogP contribution in [0.4, 0.5) is 11.6 Å². The lowest BCUT2D eigenvalue weighted by atomic mass is 10.2. The molecule has 0 unspecified atom stereocenters. The van der Waals surface area contributed by atoms with Crippen LogP contribution in [0.15, 0.2) is 6.07 Å². The molecule has 0 bridgehead atoms. The van der Waals surface area contributed by atoms with Crippen LogP contribution in [0.25, 0.3) is 0 Å². The predicted octanol–water partition coefficient (Wildman–Crippen LogP) is 4.29. The normalized spacial score (nSPS) is 10.9. The van der Waals surface area contributed by atoms with Crippen LogP contribution in [0, 0.1) is 5.92 Å². The molecule has 0 spiro atoms. The summed E-state index contributed by atoms with van der Waals surface area (Å²) in [6.07, 6.45) is 0.907. The van der Waals surface area contributed by atoms with Crippen molar-refractivity contribution in [1.82, 2.24) is 4.98 Å². The van der Waals surface area contributed by atoms with Gasteiger partial charge in [-0.1, -0.05) is 37.0 Å². The average Bonchev–Trinajstić information content (AvgIpc) is 2.38. The van der Waals surface area contributed by atoms with Crippen molar-refractivity contribution < 1.29 is 4.74 Å². The minimum atomic E-state index is 0.528. The van der Waals surface area contributed by atoms with Gasteiger partial charge in [0.25, 0.3) is 0 Å². The number of nitrogens with zero attached hydrogens (tertiary/aromatic N) is 1. The molecule has 2 N–H and O–H groups in total. The average molecular weight is 320 g/mol. The molecule has 0 fully saturated rings. The Labute approximate surface area is 131 Å². The Kier molecular flexibility index (Phi) is 8.04. The van der Waals surface area contributed by atoms with E-state index in [2.05, 4.69) is 29.5 Å². The van der Waals surface area contributed by atoms with Crippen LogP contribution in [0.1, 0.15) is 27.2 Å². The number of hydrogen-bond donors (Lipinski definition) is 2. The van der Waals surface area contributed by atoms with Gasteiger partial charge in [-0.05, 0) is 25.3 Å². The molecule has 1 aromatic heterocycles. The Morgan fingerprint density at radius 2 is 1.85 bits per heavy atom. The largest absolute Gasteiger partial charge is 0.381 e. The number of hydrogen-bond acceptors (Lipinski definition) is 4. The van der Waals surface area contributed by atoms with E-state index in [-0.39, 0.29) is 0 Å². The molecule has 4 nitrogen and oxygen atoms in total. The highest BCUT2D eigenvalue weighted by atomic mass is 35.5. The summed E-state index contributed by atoms with van der Waals surface area (Å²) in [6, 6.07) is 1.70. The standard InChI is InChI=1S/C14H23Cl2N3O/c1-4-17-13-11(15)8-12(16)14(19-13)18-6-5-7-20-9-10(2)3/h8,10H,4-7,9H2,1-3H3,(H2,17,18,19). The molecule has 0 aliphatic heterocycles. The lowest BCUT2D eigenvalue weighted by Gasteiger charge is -2.12. The molecule has 0 saturated carbocycles. The molecule has 1 heterocycles. The minimum absolute atomic E-state index is 0.528. The number of halogens is 2. The van der Waals surface area contributed by atoms with Gasteiger partial charge in [0.1, 0.15) is 11.6 Å². The van der Waals surface area contributed by atoms with E-state index in [9.17, 15) is 0 Å². The molecule has 114 valence electrons. The van der Waals surface area contributed by atoms with Gasteiger partial charge < -0.3 is 15.4 Å². The quantitative estimate of drug-likeness (QED) is 0.666. The zero-order valence-corrected chi connectivity index (χ0v) is 13.8. The van der Waals surface area contributed by atoms with Crippen molar-refractivity contribution in [2.75, 3.05) is 36.9 Å². The number of nitrogens with one attached hydrogen (secondary N) is 2. The molecular formula is C14H23Cl2N3O. The Hall–Kier alpha value is -0.710. The zero-order valence-electron chi connectivity index (χ0n) is 12.3. The third-order valence-corrected chi connectivity index (χ3v) is 3.06. The summed E-state index contributed by atoms with van der Waals surface area (Å²) in [6.45, 7) is 9.32. The van der Waals surface area contributed by atoms with Gasteiger partial charge in [-0.25, -0.2) is 4.98 Å². The first kappa shape index (κ1) is 17.3. The predicted molar refractivity (Wildman–Crippen MR) is 87.2 cm³/mol. The molecule has 20 heavy (non-hydrogen) atoms. The Bertz CT molecular complexity index is 414. The maximum atomic E-state index is 6.11. The first-order valence-electron chi connectivity index (χ1n) is 6.96. The van der Waals surface area contributed by atoms with Crippen molar-refractivity contribution >= 4 is 34.8 Å². The van der Waals surface area contributed by atoms with Gasteiger partial charge in [-0.2, -0.15) is 0 Å². The summed E-state index contributed by atoms with van der Waals surface area (Å²) in [7, 11) is 0. The van der Waals surface area contributed by atoms with E-state index in [0.29, 0.717) is 27.6 Å². The molecule has 0 aliphatic carbocycles. The van der Waals surface area contributed by atoms with Gasteiger partial charge >= 0.3 is 0 Å². The third kappa shape index (κ3) is 6.16. The summed E-state index contributed by atoms with van der Waals surface area (Å²) in [5.74, 6) is 1.87. The van der Waals surface area contributed by atoms with Gasteiger partial charge in [0.05, 0.1) is 10.0 Å². The van der Waals surface area contributed by atoms with Crippen molar-refractivity contribution in [1.29, 1.82) is 0 Å². The molecule has 1 rings (SSSR count). The third-order valence-electron chi connectivity index (χ3n) is 2.48. The second kappa shape index (κ2) is 9.27. The molecule has 0 saturated heterocycles. The number of anilines is 2. The minimum Gasteiger partial charge on any atom is -0.381 e. The molecule has 0 amide bonds. The molecular weight excluding hydrogens is 297 g/mol. The van der Waals surface area contributed by atoms with E-state index < -0.39 is 0 Å². The van der Waals surface area contributed by atoms with Gasteiger partial charge in [-0.15, -0.1) is 0 Å². The van der Waals surface area contributed by atoms with Crippen LogP contribution in [0.2, 0.25) is 10.0 Å². The lowest BCUT2D eigenvalue weighted by molar-refractivity contribution is 0.110. The molecule has 0 aliphatic rings. The van der Waals surface area contributed by atoms with E-state index in [1.807, 2.05) is 6.92 Å². The summed E-state index contributed by atoms with van der Waals surface area (Å²) in [5, 5.41) is 7.36. The molecule has 6 heteroatoms. The number of rotatable bonds is 9. The highest BCUT2D eigenvalue weighted by molar-refractivity contribution is 6.37. The van der Waals surface area contributed by atoms with Gasteiger partial charge in [0.15, 0.2) is 0 Å². The van der Waals surface area contributed by atoms with Crippen LogP contribution < -0.4 is 10.6 Å². The van der Waals surface area contributed by atoms with Crippen molar-refractivity contribution in [3.8, 4) is 0 Å². The van der Waals surface area contributed by atoms with Gasteiger partial charge in [0.2, 0.25) is 0 Å². The Balaban J connectivity index is 2.41.